The van der Waals surface area contributed by atoms with Gasteiger partial charge in [0.15, 0.2) is 0 Å². The van der Waals surface area contributed by atoms with Crippen molar-refractivity contribution in [1.82, 2.24) is 0 Å². The van der Waals surface area contributed by atoms with Crippen molar-refractivity contribution in [1.29, 1.82) is 0 Å². The molecule has 324 valence electrons. The van der Waals surface area contributed by atoms with Gasteiger partial charge in [-0.15, -0.1) is 0 Å². The number of para-hydroxylation sites is 3. The van der Waals surface area contributed by atoms with E-state index in [2.05, 4.69) is 242 Å². The smallest absolute Gasteiger partial charge is 0.297 e. The van der Waals surface area contributed by atoms with E-state index in [9.17, 15) is 0 Å². The van der Waals surface area contributed by atoms with Gasteiger partial charge in [0, 0.05) is 45.2 Å². The van der Waals surface area contributed by atoms with E-state index in [0.29, 0.717) is 0 Å². The Kier molecular flexibility index (Phi) is 9.22. The Balaban J connectivity index is 1.29. The van der Waals surface area contributed by atoms with Gasteiger partial charge in [0.1, 0.15) is 5.58 Å². The average Bonchev–Trinajstić information content (AvgIpc) is 3.67. The van der Waals surface area contributed by atoms with Crippen LogP contribution in [0.2, 0.25) is 0 Å². The predicted octanol–water partition coefficient (Wildman–Crippen LogP) is 14.9. The molecule has 0 fully saturated rings. The Morgan fingerprint density at radius 2 is 0.985 bits per heavy atom. The van der Waals surface area contributed by atoms with Gasteiger partial charge in [0.05, 0.1) is 17.0 Å². The summed E-state index contributed by atoms with van der Waals surface area (Å²) >= 11 is 0. The number of fused-ring (bicyclic) bond motifs is 7. The molecule has 0 atom stereocenters. The van der Waals surface area contributed by atoms with Crippen LogP contribution in [0.25, 0.3) is 11.0 Å². The Hall–Kier alpha value is -6.46. The highest BCUT2D eigenvalue weighted by atomic mass is 16.3. The maximum absolute atomic E-state index is 7.30. The zero-order valence-electron chi connectivity index (χ0n) is 39.8. The Bertz CT molecular complexity index is 3070. The molecular weight excluding hydrogens is 789 g/mol. The van der Waals surface area contributed by atoms with E-state index in [1.54, 1.807) is 0 Å². The predicted molar refractivity (Wildman–Crippen MR) is 278 cm³/mol. The van der Waals surface area contributed by atoms with Gasteiger partial charge in [-0.2, -0.15) is 0 Å². The Labute approximate surface area is 386 Å². The SMILES string of the molecule is CC(C)(C)c1ccc(N2c3cc4c(cc3B3c5oc6ccccc6c5N(c5ccc(C(C)(C)C)cc5)c5cc(N(c6ccccc6)c6ccccc6)cc2c53)C(C)(C)CCC4(C)C)cc1. The second-order valence-corrected chi connectivity index (χ2v) is 22.1. The highest BCUT2D eigenvalue weighted by Crippen LogP contribution is 2.53. The van der Waals surface area contributed by atoms with Crippen molar-refractivity contribution in [3.05, 3.63) is 180 Å². The summed E-state index contributed by atoms with van der Waals surface area (Å²) in [6.07, 6.45) is 2.28. The summed E-state index contributed by atoms with van der Waals surface area (Å²) in [5, 5.41) is 1.11. The summed E-state index contributed by atoms with van der Waals surface area (Å²) in [6.45, 7) is 23.4. The molecule has 1 aliphatic carbocycles. The molecule has 7 aromatic carbocycles. The Morgan fingerprint density at radius 3 is 1.52 bits per heavy atom. The van der Waals surface area contributed by atoms with Crippen LogP contribution in [-0.4, -0.2) is 6.71 Å². The molecule has 0 saturated heterocycles. The van der Waals surface area contributed by atoms with E-state index >= 15 is 0 Å². The van der Waals surface area contributed by atoms with Crippen LogP contribution in [0.15, 0.2) is 162 Å². The number of rotatable bonds is 5. The van der Waals surface area contributed by atoms with Crippen LogP contribution >= 0.6 is 0 Å². The molecule has 1 aromatic heterocycles. The van der Waals surface area contributed by atoms with Gasteiger partial charge in [-0.1, -0.05) is 148 Å². The summed E-state index contributed by atoms with van der Waals surface area (Å²) in [6, 6.07) is 59.0. The van der Waals surface area contributed by atoms with E-state index in [-0.39, 0.29) is 28.4 Å². The first-order valence-corrected chi connectivity index (χ1v) is 23.6. The first kappa shape index (κ1) is 41.3. The summed E-state index contributed by atoms with van der Waals surface area (Å²) in [5.41, 5.74) is 20.2. The molecule has 0 saturated carbocycles. The lowest BCUT2D eigenvalue weighted by Crippen LogP contribution is -2.61. The van der Waals surface area contributed by atoms with Crippen LogP contribution in [0.1, 0.15) is 104 Å². The van der Waals surface area contributed by atoms with Crippen molar-refractivity contribution in [2.45, 2.75) is 104 Å². The summed E-state index contributed by atoms with van der Waals surface area (Å²) in [4.78, 5) is 7.52. The molecule has 65 heavy (non-hydrogen) atoms. The van der Waals surface area contributed by atoms with E-state index in [4.69, 9.17) is 4.42 Å². The molecule has 8 aromatic rings. The number of furan rings is 1. The second kappa shape index (κ2) is 14.5. The molecule has 0 radical (unpaired) electrons. The standard InChI is InChI=1S/C60H60BN3O/c1-57(2,3)39-25-29-43(30-26-39)63-50-38-48-47(59(7,8)33-34-60(48,9)10)37-49(50)61-54-51(63)35-45(62(41-19-13-11-14-20-41)42-21-15-12-16-22-42)36-52(54)64(44-31-27-40(28-32-44)58(4,5)6)55-46-23-17-18-24-53(46)65-56(55)61/h11-32,35-38H,33-34H2,1-10H3. The molecular formula is C60H60BN3O. The molecule has 11 rings (SSSR count). The van der Waals surface area contributed by atoms with Crippen LogP contribution < -0.4 is 31.3 Å². The van der Waals surface area contributed by atoms with E-state index in [1.165, 1.54) is 38.9 Å². The minimum atomic E-state index is -0.158. The summed E-state index contributed by atoms with van der Waals surface area (Å²) < 4.78 is 7.30. The zero-order chi connectivity index (χ0) is 45.2. The van der Waals surface area contributed by atoms with Crippen molar-refractivity contribution in [2.75, 3.05) is 14.7 Å². The van der Waals surface area contributed by atoms with Crippen LogP contribution in [0, 0.1) is 0 Å². The van der Waals surface area contributed by atoms with Crippen LogP contribution in [0.5, 0.6) is 0 Å². The van der Waals surface area contributed by atoms with E-state index in [1.807, 2.05) is 0 Å². The normalized spacial score (nSPS) is 15.9. The van der Waals surface area contributed by atoms with Crippen molar-refractivity contribution >= 4 is 85.5 Å². The van der Waals surface area contributed by atoms with Gasteiger partial charge >= 0.3 is 0 Å². The molecule has 0 unspecified atom stereocenters. The molecule has 4 nitrogen and oxygen atoms in total. The fourth-order valence-corrected chi connectivity index (χ4v) is 11.0. The van der Waals surface area contributed by atoms with Gasteiger partial charge in [-0.05, 0) is 147 Å². The largest absolute Gasteiger partial charge is 0.468 e. The molecule has 0 spiro atoms. The fraction of sp³-hybridized carbons (Fsp3) is 0.267. The van der Waals surface area contributed by atoms with Gasteiger partial charge in [0.25, 0.3) is 6.71 Å². The van der Waals surface area contributed by atoms with Crippen molar-refractivity contribution in [3.8, 4) is 0 Å². The molecule has 0 N–H and O–H groups in total. The van der Waals surface area contributed by atoms with Crippen LogP contribution in [0.4, 0.5) is 51.2 Å². The highest BCUT2D eigenvalue weighted by molar-refractivity contribution is 7.00. The first-order chi connectivity index (χ1) is 31.0. The van der Waals surface area contributed by atoms with Gasteiger partial charge in [0.2, 0.25) is 0 Å². The lowest BCUT2D eigenvalue weighted by atomic mass is 9.35. The molecule has 0 amide bonds. The number of nitrogens with zero attached hydrogens (tertiary/aromatic N) is 3. The lowest BCUT2D eigenvalue weighted by Gasteiger charge is -2.47. The number of hydrogen-bond acceptors (Lipinski definition) is 4. The third-order valence-electron chi connectivity index (χ3n) is 14.8. The molecule has 2 aliphatic heterocycles. The fourth-order valence-electron chi connectivity index (χ4n) is 11.0. The van der Waals surface area contributed by atoms with Crippen LogP contribution in [0.3, 0.4) is 0 Å². The van der Waals surface area contributed by atoms with E-state index in [0.717, 1.165) is 75.0 Å². The molecule has 3 aliphatic rings. The van der Waals surface area contributed by atoms with Gasteiger partial charge < -0.3 is 19.1 Å². The number of benzene rings is 7. The summed E-state index contributed by atoms with van der Waals surface area (Å²) in [7, 11) is 0. The number of anilines is 9. The third kappa shape index (κ3) is 6.64. The minimum Gasteiger partial charge on any atom is -0.468 e. The maximum atomic E-state index is 7.30. The quantitative estimate of drug-likeness (QED) is 0.161. The molecule has 5 heteroatoms. The zero-order valence-corrected chi connectivity index (χ0v) is 39.8. The average molecular weight is 850 g/mol. The van der Waals surface area contributed by atoms with Gasteiger partial charge in [-0.3, -0.25) is 0 Å². The molecule has 3 heterocycles. The topological polar surface area (TPSA) is 22.9 Å². The third-order valence-corrected chi connectivity index (χ3v) is 14.8. The minimum absolute atomic E-state index is 0.0121. The van der Waals surface area contributed by atoms with Crippen molar-refractivity contribution in [2.24, 2.45) is 0 Å². The van der Waals surface area contributed by atoms with Gasteiger partial charge in [-0.25, -0.2) is 0 Å². The van der Waals surface area contributed by atoms with Crippen molar-refractivity contribution in [3.63, 3.8) is 0 Å². The van der Waals surface area contributed by atoms with Crippen molar-refractivity contribution < 1.29 is 4.42 Å². The van der Waals surface area contributed by atoms with E-state index < -0.39 is 0 Å². The molecule has 0 bridgehead atoms. The number of hydrogen-bond donors (Lipinski definition) is 0. The monoisotopic (exact) mass is 849 g/mol. The lowest BCUT2D eigenvalue weighted by molar-refractivity contribution is 0.332. The second-order valence-electron chi connectivity index (χ2n) is 22.1. The Morgan fingerprint density at radius 1 is 0.508 bits per heavy atom. The summed E-state index contributed by atoms with van der Waals surface area (Å²) in [5.74, 6) is 0. The maximum Gasteiger partial charge on any atom is 0.297 e. The highest BCUT2D eigenvalue weighted by Gasteiger charge is 2.49. The van der Waals surface area contributed by atoms with Crippen LogP contribution in [-0.2, 0) is 21.7 Å². The first-order valence-electron chi connectivity index (χ1n) is 23.6.